The second-order valence-electron chi connectivity index (χ2n) is 7.40. The molecule has 2 aromatic carbocycles. The van der Waals surface area contributed by atoms with Crippen LogP contribution in [0.1, 0.15) is 30.7 Å². The Labute approximate surface area is 210 Å². The molecule has 0 aliphatic carbocycles. The lowest BCUT2D eigenvalue weighted by atomic mass is 10.1. The van der Waals surface area contributed by atoms with Gasteiger partial charge in [0.25, 0.3) is 0 Å². The van der Waals surface area contributed by atoms with Crippen LogP contribution in [0, 0.1) is 5.82 Å². The van der Waals surface area contributed by atoms with Crippen LogP contribution in [0.25, 0.3) is 10.9 Å². The van der Waals surface area contributed by atoms with Crippen molar-refractivity contribution in [1.29, 1.82) is 0 Å². The maximum atomic E-state index is 13.0. The summed E-state index contributed by atoms with van der Waals surface area (Å²) < 4.78 is 23.9. The van der Waals surface area contributed by atoms with E-state index in [2.05, 4.69) is 26.7 Å². The van der Waals surface area contributed by atoms with Crippen molar-refractivity contribution in [3.63, 3.8) is 0 Å². The number of hydrogen-bond acceptors (Lipinski definition) is 4. The normalized spacial score (nSPS) is 12.2. The molecule has 9 heteroatoms. The van der Waals surface area contributed by atoms with Crippen molar-refractivity contribution in [3.8, 4) is 11.5 Å². The van der Waals surface area contributed by atoms with E-state index in [1.807, 2.05) is 19.1 Å². The lowest BCUT2D eigenvalue weighted by Crippen LogP contribution is -2.38. The molecule has 0 aliphatic rings. The first-order valence-electron chi connectivity index (χ1n) is 10.7. The van der Waals surface area contributed by atoms with Gasteiger partial charge in [-0.1, -0.05) is 12.1 Å². The zero-order valence-electron chi connectivity index (χ0n) is 19.2. The van der Waals surface area contributed by atoms with Crippen molar-refractivity contribution in [2.45, 2.75) is 25.9 Å². The summed E-state index contributed by atoms with van der Waals surface area (Å²) in [4.78, 5) is 7.87. The first kappa shape index (κ1) is 26.7. The van der Waals surface area contributed by atoms with Gasteiger partial charge in [0.15, 0.2) is 5.96 Å². The quantitative estimate of drug-likeness (QED) is 0.127. The number of aliphatic imine (C=N–C) groups is 1. The number of hydrogen-bond donors (Lipinski definition) is 4. The van der Waals surface area contributed by atoms with Crippen molar-refractivity contribution in [2.24, 2.45) is 4.99 Å². The van der Waals surface area contributed by atoms with Gasteiger partial charge in [0.05, 0.1) is 32.4 Å². The Bertz CT molecular complexity index is 1040. The molecule has 0 aliphatic heterocycles. The Morgan fingerprint density at radius 2 is 1.88 bits per heavy atom. The van der Waals surface area contributed by atoms with Gasteiger partial charge in [0.1, 0.15) is 17.3 Å². The lowest BCUT2D eigenvalue weighted by Gasteiger charge is -2.13. The maximum absolute atomic E-state index is 13.0. The fourth-order valence-electron chi connectivity index (χ4n) is 3.45. The smallest absolute Gasteiger partial charge is 0.191 e. The number of aliphatic hydroxyl groups is 1. The zero-order valence-corrected chi connectivity index (χ0v) is 21.5. The second-order valence-corrected chi connectivity index (χ2v) is 7.40. The fraction of sp³-hybridized carbons (Fsp3) is 0.375. The minimum Gasteiger partial charge on any atom is -0.497 e. The number of ether oxygens (including phenoxy) is 2. The summed E-state index contributed by atoms with van der Waals surface area (Å²) >= 11 is 0. The summed E-state index contributed by atoms with van der Waals surface area (Å²) in [5.41, 5.74) is 2.73. The number of methoxy groups -OCH3 is 2. The molecular weight excluding hydrogens is 538 g/mol. The van der Waals surface area contributed by atoms with Crippen LogP contribution in [0.3, 0.4) is 0 Å². The summed E-state index contributed by atoms with van der Waals surface area (Å²) in [6.07, 6.45) is 0.950. The molecule has 0 saturated carbocycles. The van der Waals surface area contributed by atoms with Gasteiger partial charge in [0, 0.05) is 36.3 Å². The molecule has 0 radical (unpaired) electrons. The molecule has 4 N–H and O–H groups in total. The molecule has 3 aromatic rings. The molecule has 0 saturated heterocycles. The molecule has 1 unspecified atom stereocenters. The SMILES string of the molecule is CCNC(=NCC(O)c1ccc(F)cc1)NCCCc1cc2c(OC)cc(OC)cc2[nH]1.I. The largest absolute Gasteiger partial charge is 0.497 e. The second kappa shape index (κ2) is 13.2. The first-order chi connectivity index (χ1) is 15.5. The van der Waals surface area contributed by atoms with Crippen LogP contribution in [0.2, 0.25) is 0 Å². The number of rotatable bonds is 10. The number of aromatic nitrogens is 1. The van der Waals surface area contributed by atoms with Crippen LogP contribution < -0.4 is 20.1 Å². The number of H-pyrrole nitrogens is 1. The maximum Gasteiger partial charge on any atom is 0.191 e. The number of fused-ring (bicyclic) bond motifs is 1. The number of benzene rings is 2. The summed E-state index contributed by atoms with van der Waals surface area (Å²) in [7, 11) is 3.29. The summed E-state index contributed by atoms with van der Waals surface area (Å²) in [6, 6.07) is 11.7. The summed E-state index contributed by atoms with van der Waals surface area (Å²) in [5, 5.41) is 17.8. The molecule has 33 heavy (non-hydrogen) atoms. The topological polar surface area (TPSA) is 90.9 Å². The Morgan fingerprint density at radius 1 is 1.12 bits per heavy atom. The molecule has 0 spiro atoms. The third-order valence-corrected chi connectivity index (χ3v) is 5.12. The van der Waals surface area contributed by atoms with Crippen LogP contribution in [0.4, 0.5) is 4.39 Å². The molecule has 180 valence electrons. The van der Waals surface area contributed by atoms with Gasteiger partial charge in [-0.2, -0.15) is 0 Å². The van der Waals surface area contributed by atoms with E-state index in [4.69, 9.17) is 9.47 Å². The molecule has 0 amide bonds. The predicted molar refractivity (Wildman–Crippen MR) is 140 cm³/mol. The number of aliphatic hydroxyl groups excluding tert-OH is 1. The van der Waals surface area contributed by atoms with E-state index in [1.54, 1.807) is 26.4 Å². The van der Waals surface area contributed by atoms with Crippen LogP contribution in [-0.2, 0) is 6.42 Å². The van der Waals surface area contributed by atoms with E-state index in [-0.39, 0.29) is 36.3 Å². The summed E-state index contributed by atoms with van der Waals surface area (Å²) in [5.74, 6) is 1.84. The number of halogens is 2. The van der Waals surface area contributed by atoms with E-state index < -0.39 is 6.10 Å². The average molecular weight is 570 g/mol. The van der Waals surface area contributed by atoms with Crippen molar-refractivity contribution in [2.75, 3.05) is 33.9 Å². The minimum absolute atomic E-state index is 0. The van der Waals surface area contributed by atoms with Crippen LogP contribution >= 0.6 is 24.0 Å². The molecule has 1 aromatic heterocycles. The highest BCUT2D eigenvalue weighted by Crippen LogP contribution is 2.31. The highest BCUT2D eigenvalue weighted by atomic mass is 127. The number of guanidine groups is 1. The number of aromatic amines is 1. The van der Waals surface area contributed by atoms with Gasteiger partial charge in [-0.05, 0) is 43.5 Å². The third kappa shape index (κ3) is 7.50. The van der Waals surface area contributed by atoms with Crippen molar-refractivity contribution >= 4 is 40.8 Å². The minimum atomic E-state index is -0.788. The number of nitrogens with one attached hydrogen (secondary N) is 3. The van der Waals surface area contributed by atoms with Crippen LogP contribution in [0.5, 0.6) is 11.5 Å². The number of nitrogens with zero attached hydrogens (tertiary/aromatic N) is 1. The van der Waals surface area contributed by atoms with Crippen LogP contribution in [-0.4, -0.2) is 49.9 Å². The van der Waals surface area contributed by atoms with Gasteiger partial charge in [0.2, 0.25) is 0 Å². The molecule has 7 nitrogen and oxygen atoms in total. The van der Waals surface area contributed by atoms with Crippen LogP contribution in [0.15, 0.2) is 47.5 Å². The van der Waals surface area contributed by atoms with Gasteiger partial charge >= 0.3 is 0 Å². The van der Waals surface area contributed by atoms with Gasteiger partial charge in [-0.15, -0.1) is 24.0 Å². The zero-order chi connectivity index (χ0) is 22.9. The Hall–Kier alpha value is -2.53. The van der Waals surface area contributed by atoms with E-state index in [9.17, 15) is 9.50 Å². The lowest BCUT2D eigenvalue weighted by molar-refractivity contribution is 0.187. The van der Waals surface area contributed by atoms with Gasteiger partial charge in [-0.25, -0.2) is 4.39 Å². The van der Waals surface area contributed by atoms with Crippen molar-refractivity contribution in [3.05, 3.63) is 59.5 Å². The summed E-state index contributed by atoms with van der Waals surface area (Å²) in [6.45, 7) is 3.60. The third-order valence-electron chi connectivity index (χ3n) is 5.12. The molecule has 1 heterocycles. The van der Waals surface area contributed by atoms with E-state index in [1.165, 1.54) is 12.1 Å². The van der Waals surface area contributed by atoms with Crippen molar-refractivity contribution < 1.29 is 19.0 Å². The Balaban J connectivity index is 0.00000385. The molecular formula is C24H32FIN4O3. The highest BCUT2D eigenvalue weighted by molar-refractivity contribution is 14.0. The Morgan fingerprint density at radius 3 is 2.55 bits per heavy atom. The average Bonchev–Trinajstić information content (AvgIpc) is 3.22. The van der Waals surface area contributed by atoms with E-state index >= 15 is 0 Å². The predicted octanol–water partition coefficient (Wildman–Crippen LogP) is 4.16. The molecule has 0 bridgehead atoms. The van der Waals surface area contributed by atoms with Gasteiger partial charge < -0.3 is 30.2 Å². The molecule has 0 fully saturated rings. The Kier molecular flexibility index (Phi) is 10.7. The molecule has 3 rings (SSSR count). The van der Waals surface area contributed by atoms with E-state index in [0.29, 0.717) is 24.6 Å². The first-order valence-corrected chi connectivity index (χ1v) is 10.7. The standard InChI is InChI=1S/C24H31FN4O3.HI/c1-4-26-24(28-15-22(30)16-7-9-17(25)10-8-16)27-11-5-6-18-12-20-21(29-18)13-19(31-2)14-23(20)32-3;/h7-10,12-14,22,29-30H,4-6,11,15H2,1-3H3,(H2,26,27,28);1H. The highest BCUT2D eigenvalue weighted by Gasteiger charge is 2.10. The van der Waals surface area contributed by atoms with E-state index in [0.717, 1.165) is 40.9 Å². The van der Waals surface area contributed by atoms with Crippen molar-refractivity contribution in [1.82, 2.24) is 15.6 Å². The number of aryl methyl sites for hydroxylation is 1. The van der Waals surface area contributed by atoms with Gasteiger partial charge in [-0.3, -0.25) is 4.99 Å². The fourth-order valence-corrected chi connectivity index (χ4v) is 3.45. The molecule has 1 atom stereocenters. The monoisotopic (exact) mass is 570 g/mol.